The Morgan fingerprint density at radius 3 is 2.64 bits per heavy atom. The summed E-state index contributed by atoms with van der Waals surface area (Å²) in [7, 11) is -3.19. The average molecular weight is 490 g/mol. The van der Waals surface area contributed by atoms with Crippen LogP contribution in [0.4, 0.5) is 5.69 Å². The summed E-state index contributed by atoms with van der Waals surface area (Å²) in [6, 6.07) is 10.2. The van der Waals surface area contributed by atoms with Crippen LogP contribution < -0.4 is 4.90 Å². The second-order valence-electron chi connectivity index (χ2n) is 8.72. The zero-order valence-electron chi connectivity index (χ0n) is 18.9. The zero-order valence-corrected chi connectivity index (χ0v) is 20.5. The van der Waals surface area contributed by atoms with Crippen molar-refractivity contribution in [2.24, 2.45) is 5.92 Å². The number of carbonyl (C=O) groups is 2. The number of anilines is 1. The van der Waals surface area contributed by atoms with E-state index in [4.69, 9.17) is 4.74 Å². The number of nitrogens with zero attached hydrogens (tertiary/aromatic N) is 3. The van der Waals surface area contributed by atoms with Crippen molar-refractivity contribution in [1.82, 2.24) is 9.78 Å². The Bertz CT molecular complexity index is 1280. The van der Waals surface area contributed by atoms with Gasteiger partial charge in [0.1, 0.15) is 9.71 Å². The third-order valence-electron chi connectivity index (χ3n) is 5.55. The van der Waals surface area contributed by atoms with Crippen molar-refractivity contribution in [3.63, 3.8) is 0 Å². The molecule has 8 nitrogen and oxygen atoms in total. The van der Waals surface area contributed by atoms with Crippen LogP contribution in [0.5, 0.6) is 0 Å². The number of aromatic nitrogens is 2. The summed E-state index contributed by atoms with van der Waals surface area (Å²) in [6.07, 6.45) is 0.360. The van der Waals surface area contributed by atoms with Gasteiger partial charge in [0.05, 0.1) is 23.2 Å². The molecular weight excluding hydrogens is 462 g/mol. The molecule has 3 heterocycles. The van der Waals surface area contributed by atoms with Gasteiger partial charge in [-0.1, -0.05) is 32.0 Å². The Labute approximate surface area is 197 Å². The number of para-hydroxylation sites is 1. The van der Waals surface area contributed by atoms with Gasteiger partial charge < -0.3 is 9.64 Å². The van der Waals surface area contributed by atoms with Gasteiger partial charge in [0, 0.05) is 17.6 Å². The molecule has 0 N–H and O–H groups in total. The molecule has 1 aliphatic heterocycles. The molecule has 0 radical (unpaired) electrons. The summed E-state index contributed by atoms with van der Waals surface area (Å²) in [6.45, 7) is 6.39. The lowest BCUT2D eigenvalue weighted by molar-refractivity contribution is -0.122. The highest BCUT2D eigenvalue weighted by atomic mass is 32.2. The normalized spacial score (nSPS) is 17.5. The van der Waals surface area contributed by atoms with E-state index in [0.717, 1.165) is 22.5 Å². The summed E-state index contributed by atoms with van der Waals surface area (Å²) >= 11 is 1.30. The van der Waals surface area contributed by atoms with Gasteiger partial charge in [-0.2, -0.15) is 5.10 Å². The number of carbonyl (C=O) groups excluding carboxylic acids is 2. The quantitative estimate of drug-likeness (QED) is 0.472. The molecule has 1 unspecified atom stereocenters. The zero-order chi connectivity index (χ0) is 23.8. The fourth-order valence-corrected chi connectivity index (χ4v) is 6.84. The largest absolute Gasteiger partial charge is 0.451 e. The van der Waals surface area contributed by atoms with Crippen LogP contribution in [0.15, 0.2) is 36.4 Å². The van der Waals surface area contributed by atoms with Gasteiger partial charge in [-0.05, 0) is 37.5 Å². The highest BCUT2D eigenvalue weighted by Crippen LogP contribution is 2.30. The Morgan fingerprint density at radius 2 is 2.00 bits per heavy atom. The lowest BCUT2D eigenvalue weighted by Crippen LogP contribution is -2.43. The Morgan fingerprint density at radius 1 is 1.27 bits per heavy atom. The van der Waals surface area contributed by atoms with Crippen molar-refractivity contribution < 1.29 is 22.7 Å². The molecule has 3 aromatic rings. The maximum Gasteiger partial charge on any atom is 0.348 e. The van der Waals surface area contributed by atoms with Gasteiger partial charge in [0.2, 0.25) is 0 Å². The van der Waals surface area contributed by atoms with Gasteiger partial charge in [0.15, 0.2) is 16.4 Å². The third-order valence-corrected chi connectivity index (χ3v) is 8.43. The molecule has 4 rings (SSSR count). The van der Waals surface area contributed by atoms with E-state index in [1.54, 1.807) is 30.3 Å². The minimum absolute atomic E-state index is 0.0442. The monoisotopic (exact) mass is 489 g/mol. The first-order chi connectivity index (χ1) is 15.6. The van der Waals surface area contributed by atoms with E-state index in [-0.39, 0.29) is 11.5 Å². The number of fused-ring (bicyclic) bond motifs is 1. The Hall–Kier alpha value is -2.72. The van der Waals surface area contributed by atoms with Crippen LogP contribution in [0, 0.1) is 12.8 Å². The summed E-state index contributed by atoms with van der Waals surface area (Å²) in [4.78, 5) is 28.6. The minimum atomic E-state index is -3.19. The molecule has 0 spiro atoms. The Balaban J connectivity index is 1.50. The molecule has 1 amide bonds. The molecule has 0 aliphatic carbocycles. The standard InChI is InChI=1S/C23H27N3O5S2/c1-15(2)12-25-22-19(16(3)24-25)11-20(32-22)23(28)31-13-21(27)26(17-7-5-4-6-8-17)18-9-10-33(29,30)14-18/h4-8,11,15,18H,9-10,12-14H2,1-3H3. The van der Waals surface area contributed by atoms with E-state index in [2.05, 4.69) is 18.9 Å². The number of amides is 1. The number of hydrogen-bond acceptors (Lipinski definition) is 7. The van der Waals surface area contributed by atoms with Crippen LogP contribution >= 0.6 is 11.3 Å². The topological polar surface area (TPSA) is 98.6 Å². The second kappa shape index (κ2) is 9.26. The van der Waals surface area contributed by atoms with E-state index in [9.17, 15) is 18.0 Å². The van der Waals surface area contributed by atoms with Crippen molar-refractivity contribution in [2.75, 3.05) is 23.0 Å². The summed E-state index contributed by atoms with van der Waals surface area (Å²) in [5.74, 6) is -0.662. The first-order valence-electron chi connectivity index (χ1n) is 10.9. The summed E-state index contributed by atoms with van der Waals surface area (Å²) < 4.78 is 31.3. The number of esters is 1. The number of ether oxygens (including phenoxy) is 1. The molecule has 1 aliphatic rings. The van der Waals surface area contributed by atoms with Gasteiger partial charge in [-0.15, -0.1) is 11.3 Å². The molecule has 33 heavy (non-hydrogen) atoms. The number of aryl methyl sites for hydroxylation is 1. The maximum absolute atomic E-state index is 13.1. The summed E-state index contributed by atoms with van der Waals surface area (Å²) in [5.41, 5.74) is 1.43. The average Bonchev–Trinajstić information content (AvgIpc) is 3.42. The smallest absolute Gasteiger partial charge is 0.348 e. The van der Waals surface area contributed by atoms with E-state index in [1.807, 2.05) is 17.7 Å². The van der Waals surface area contributed by atoms with E-state index in [1.165, 1.54) is 16.2 Å². The molecule has 1 atom stereocenters. The second-order valence-corrected chi connectivity index (χ2v) is 12.0. The third kappa shape index (κ3) is 5.11. The highest BCUT2D eigenvalue weighted by Gasteiger charge is 2.36. The van der Waals surface area contributed by atoms with Crippen molar-refractivity contribution in [2.45, 2.75) is 39.8 Å². The molecule has 1 fully saturated rings. The molecular formula is C23H27N3O5S2. The number of sulfone groups is 1. The van der Waals surface area contributed by atoms with Crippen LogP contribution in [0.25, 0.3) is 10.2 Å². The van der Waals surface area contributed by atoms with Gasteiger partial charge in [-0.3, -0.25) is 9.48 Å². The van der Waals surface area contributed by atoms with E-state index in [0.29, 0.717) is 22.9 Å². The number of hydrogen-bond donors (Lipinski definition) is 0. The van der Waals surface area contributed by atoms with Gasteiger partial charge in [-0.25, -0.2) is 13.2 Å². The maximum atomic E-state index is 13.1. The van der Waals surface area contributed by atoms with Crippen molar-refractivity contribution in [3.8, 4) is 0 Å². The first kappa shape index (κ1) is 23.4. The van der Waals surface area contributed by atoms with Gasteiger partial charge in [0.25, 0.3) is 5.91 Å². The Kier molecular flexibility index (Phi) is 6.58. The molecule has 0 bridgehead atoms. The molecule has 1 aromatic carbocycles. The highest BCUT2D eigenvalue weighted by molar-refractivity contribution is 7.91. The summed E-state index contributed by atoms with van der Waals surface area (Å²) in [5, 5.41) is 5.45. The van der Waals surface area contributed by atoms with Crippen molar-refractivity contribution >= 4 is 49.0 Å². The van der Waals surface area contributed by atoms with Crippen molar-refractivity contribution in [3.05, 3.63) is 47.0 Å². The fourth-order valence-electron chi connectivity index (χ4n) is 4.08. The predicted molar refractivity (Wildman–Crippen MR) is 128 cm³/mol. The molecule has 0 saturated carbocycles. The number of thiophene rings is 1. The van der Waals surface area contributed by atoms with Gasteiger partial charge >= 0.3 is 5.97 Å². The SMILES string of the molecule is Cc1nn(CC(C)C)c2sc(C(=O)OCC(=O)N(c3ccccc3)C3CCS(=O)(=O)C3)cc12. The molecule has 10 heteroatoms. The minimum Gasteiger partial charge on any atom is -0.451 e. The van der Waals surface area contributed by atoms with E-state index < -0.39 is 34.4 Å². The lowest BCUT2D eigenvalue weighted by atomic mass is 10.2. The lowest BCUT2D eigenvalue weighted by Gasteiger charge is -2.28. The van der Waals surface area contributed by atoms with Crippen LogP contribution in [0.2, 0.25) is 0 Å². The van der Waals surface area contributed by atoms with Crippen LogP contribution in [0.3, 0.4) is 0 Å². The first-order valence-corrected chi connectivity index (χ1v) is 13.5. The van der Waals surface area contributed by atoms with Crippen LogP contribution in [-0.4, -0.2) is 54.2 Å². The van der Waals surface area contributed by atoms with Crippen molar-refractivity contribution in [1.29, 1.82) is 0 Å². The number of rotatable bonds is 7. The number of benzene rings is 1. The van der Waals surface area contributed by atoms with E-state index >= 15 is 0 Å². The van der Waals surface area contributed by atoms with Crippen LogP contribution in [-0.2, 0) is 25.9 Å². The predicted octanol–water partition coefficient (Wildman–Crippen LogP) is 3.44. The fraction of sp³-hybridized carbons (Fsp3) is 0.435. The molecule has 176 valence electrons. The molecule has 2 aromatic heterocycles. The molecule has 1 saturated heterocycles. The van der Waals surface area contributed by atoms with Crippen LogP contribution in [0.1, 0.15) is 35.6 Å².